The smallest absolute Gasteiger partial charge is 0.306 e. The van der Waals surface area contributed by atoms with Gasteiger partial charge >= 0.3 is 5.97 Å². The zero-order valence-electron chi connectivity index (χ0n) is 39.4. The van der Waals surface area contributed by atoms with Crippen LogP contribution in [0.3, 0.4) is 0 Å². The summed E-state index contributed by atoms with van der Waals surface area (Å²) in [7, 11) is 10.5. The summed E-state index contributed by atoms with van der Waals surface area (Å²) in [5.41, 5.74) is 1.31. The summed E-state index contributed by atoms with van der Waals surface area (Å²) in [5.74, 6) is -1.05. The van der Waals surface area contributed by atoms with E-state index in [0.717, 1.165) is 19.3 Å². The summed E-state index contributed by atoms with van der Waals surface area (Å²) >= 11 is 0. The van der Waals surface area contributed by atoms with Gasteiger partial charge in [0.05, 0.1) is 55.7 Å². The van der Waals surface area contributed by atoms with Crippen molar-refractivity contribution < 1.29 is 57.0 Å². The lowest BCUT2D eigenvalue weighted by molar-refractivity contribution is -0.236. The Balaban J connectivity index is 1.22. The van der Waals surface area contributed by atoms with Gasteiger partial charge in [0.2, 0.25) is 0 Å². The number of Topliss-reactive ketones (excluding diaryl/α,β-unsaturated/α-hetero) is 1. The number of allylic oxidation sites excluding steroid dienone is 2. The van der Waals surface area contributed by atoms with E-state index in [-0.39, 0.29) is 102 Å². The number of anilines is 1. The molecule has 3 saturated heterocycles. The zero-order chi connectivity index (χ0) is 45.4. The Hall–Kier alpha value is -2.69. The van der Waals surface area contributed by atoms with Crippen molar-refractivity contribution in [1.82, 2.24) is 4.90 Å². The average molecular weight is 887 g/mol. The highest BCUT2D eigenvalue weighted by Crippen LogP contribution is 2.65. The molecule has 3 aliphatic carbocycles. The predicted octanol–water partition coefficient (Wildman–Crippen LogP) is 6.57. The van der Waals surface area contributed by atoms with Gasteiger partial charge in [-0.25, -0.2) is 4.39 Å². The highest BCUT2D eigenvalue weighted by molar-refractivity contribution is 5.99. The van der Waals surface area contributed by atoms with E-state index in [1.807, 2.05) is 27.7 Å². The molecule has 0 radical (unpaired) electrons. The molecule has 3 aliphatic heterocycles. The van der Waals surface area contributed by atoms with Crippen molar-refractivity contribution in [3.8, 4) is 5.75 Å². The van der Waals surface area contributed by atoms with Gasteiger partial charge in [-0.15, -0.1) is 0 Å². The molecule has 7 rings (SSSR count). The van der Waals surface area contributed by atoms with Gasteiger partial charge in [0.1, 0.15) is 29.9 Å². The second-order valence-corrected chi connectivity index (χ2v) is 19.7. The highest BCUT2D eigenvalue weighted by Gasteiger charge is 2.69. The molecule has 354 valence electrons. The lowest BCUT2D eigenvalue weighted by Crippen LogP contribution is -2.50. The zero-order valence-corrected chi connectivity index (χ0v) is 39.4. The van der Waals surface area contributed by atoms with E-state index in [1.54, 1.807) is 27.4 Å². The van der Waals surface area contributed by atoms with E-state index in [4.69, 9.17) is 37.9 Å². The van der Waals surface area contributed by atoms with Gasteiger partial charge in [0.15, 0.2) is 18.4 Å². The number of cyclic esters (lactones) is 1. The van der Waals surface area contributed by atoms with Crippen LogP contribution in [0.15, 0.2) is 29.8 Å². The van der Waals surface area contributed by atoms with Crippen LogP contribution in [0.2, 0.25) is 0 Å². The fraction of sp³-hybridized carbons (Fsp3) is 0.796. The van der Waals surface area contributed by atoms with Crippen LogP contribution in [0.1, 0.15) is 92.4 Å². The van der Waals surface area contributed by atoms with Crippen LogP contribution in [0.25, 0.3) is 0 Å². The van der Waals surface area contributed by atoms with Gasteiger partial charge < -0.3 is 52.8 Å². The molecular weight excluding hydrogens is 812 g/mol. The van der Waals surface area contributed by atoms with Crippen molar-refractivity contribution in [3.05, 3.63) is 35.7 Å². The van der Waals surface area contributed by atoms with Crippen LogP contribution in [0.4, 0.5) is 10.1 Å². The summed E-state index contributed by atoms with van der Waals surface area (Å²) in [6.45, 7) is 10.2. The minimum Gasteiger partial charge on any atom is -0.495 e. The van der Waals surface area contributed by atoms with E-state index in [0.29, 0.717) is 49.1 Å². The van der Waals surface area contributed by atoms with Crippen molar-refractivity contribution in [1.29, 1.82) is 0 Å². The number of nitrogens with zero attached hydrogens (tertiary/aromatic N) is 2. The molecule has 1 N–H and O–H groups in total. The van der Waals surface area contributed by atoms with E-state index >= 15 is 9.18 Å². The van der Waals surface area contributed by atoms with Gasteiger partial charge in [-0.05, 0) is 120 Å². The normalized spacial score (nSPS) is 37.7. The van der Waals surface area contributed by atoms with Crippen molar-refractivity contribution in [3.63, 3.8) is 0 Å². The molecule has 0 amide bonds. The number of rotatable bonds is 15. The number of aliphatic hydroxyl groups excluding tert-OH is 1. The number of esters is 1. The first kappa shape index (κ1) is 48.2. The number of benzene rings is 1. The fourth-order valence-electron chi connectivity index (χ4n) is 12.6. The van der Waals surface area contributed by atoms with E-state index in [9.17, 15) is 9.90 Å². The topological polar surface area (TPSA) is 134 Å². The van der Waals surface area contributed by atoms with Crippen LogP contribution in [-0.4, -0.2) is 138 Å². The largest absolute Gasteiger partial charge is 0.495 e. The van der Waals surface area contributed by atoms with Crippen LogP contribution in [-0.2, 0) is 42.7 Å². The molecule has 18 atom stereocenters. The van der Waals surface area contributed by atoms with Crippen molar-refractivity contribution in [2.24, 2.45) is 41.4 Å². The van der Waals surface area contributed by atoms with Crippen LogP contribution in [0.5, 0.6) is 5.75 Å². The number of fused-ring (bicyclic) bond motifs is 8. The van der Waals surface area contributed by atoms with E-state index in [1.165, 1.54) is 19.2 Å². The molecule has 63 heavy (non-hydrogen) atoms. The fourth-order valence-corrected chi connectivity index (χ4v) is 12.6. The Kier molecular flexibility index (Phi) is 15.7. The summed E-state index contributed by atoms with van der Waals surface area (Å²) in [6.07, 6.45) is 3.40. The standard InChI is InChI=1S/C49H75FN2O11/c1-12-29-14-13-15-38(63-41-19-17-36(51(6)7)27(5)60-41)26(4)45(54)35-23-32-31-21-30(62-49(55)48(59-11)47(58-10)46(57-9)25(2)3)22-34(31)43-44(42(32)33(35)24-40(53)61-29)52(43)37-20-28(50)16-18-39(37)56-8/h16,18,20,23,25-27,29-34,36,38,41-44,46-49,55H,12-15,17,19,21-22,24H2,1-11H3/t26-,27?,29+,30+,31+,32+,33-,34-,36+,38+,41+,42-,43+,44-,46+,47?,48+,49+,52?/m1/s1. The first-order chi connectivity index (χ1) is 30.1. The Labute approximate surface area is 374 Å². The molecule has 6 aliphatic rings. The molecule has 14 heteroatoms. The van der Waals surface area contributed by atoms with Gasteiger partial charge in [-0.3, -0.25) is 9.59 Å². The summed E-state index contributed by atoms with van der Waals surface area (Å²) in [4.78, 5) is 33.7. The lowest BCUT2D eigenvalue weighted by atomic mass is 9.66. The first-order valence-electron chi connectivity index (χ1n) is 23.6. The number of halogens is 1. The number of ketones is 1. The molecule has 3 heterocycles. The number of likely N-dealkylation sites (N-methyl/N-ethyl adjacent to an activating group) is 1. The number of hydrogen-bond donors (Lipinski definition) is 1. The minimum atomic E-state index is -1.31. The molecular formula is C49H75FN2O11. The molecule has 2 unspecified atom stereocenters. The number of methoxy groups -OCH3 is 4. The summed E-state index contributed by atoms with van der Waals surface area (Å²) in [5, 5.41) is 11.7. The van der Waals surface area contributed by atoms with E-state index in [2.05, 4.69) is 36.9 Å². The second-order valence-electron chi connectivity index (χ2n) is 19.7. The lowest BCUT2D eigenvalue weighted by Gasteiger charge is -2.40. The van der Waals surface area contributed by atoms with Gasteiger partial charge in [0.25, 0.3) is 0 Å². The SMILES string of the molecule is CC[C@H]1CCC[C@H](O[C@H]2CC[C@H](N(C)C)C(C)O2)[C@@H](C)C(=O)C2=C[C@H]3[C@@H]4C[C@H](O[C@H](O)[C@@H](OC)C(OC)[C@@H](OC)C(C)C)C[C@H]4[C@H]4[C@@H]([C@H]3[C@@H]2CC(=O)O1)N4c1cc(F)ccc1OC. The number of ether oxygens (including phenoxy) is 8. The van der Waals surface area contributed by atoms with Crippen LogP contribution < -0.4 is 9.64 Å². The maximum atomic E-state index is 15.2. The van der Waals surface area contributed by atoms with Crippen molar-refractivity contribution in [2.75, 3.05) is 47.4 Å². The van der Waals surface area contributed by atoms with Crippen molar-refractivity contribution >= 4 is 17.4 Å². The Morgan fingerprint density at radius 1 is 0.937 bits per heavy atom. The van der Waals surface area contributed by atoms with Crippen LogP contribution in [0, 0.1) is 47.2 Å². The average Bonchev–Trinajstić information content (AvgIpc) is 3.65. The highest BCUT2D eigenvalue weighted by atomic mass is 19.1. The van der Waals surface area contributed by atoms with E-state index < -0.39 is 36.6 Å². The third kappa shape index (κ3) is 9.76. The molecule has 13 nitrogen and oxygen atoms in total. The predicted molar refractivity (Wildman–Crippen MR) is 235 cm³/mol. The Morgan fingerprint density at radius 3 is 2.29 bits per heavy atom. The quantitative estimate of drug-likeness (QED) is 0.116. The molecule has 1 aromatic rings. The second kappa shape index (κ2) is 20.4. The summed E-state index contributed by atoms with van der Waals surface area (Å²) < 4.78 is 64.4. The number of carbonyl (C=O) groups excluding carboxylic acids is 2. The minimum absolute atomic E-state index is 0.00825. The van der Waals surface area contributed by atoms with Gasteiger partial charge in [-0.2, -0.15) is 0 Å². The Bertz CT molecular complexity index is 1760. The molecule has 5 fully saturated rings. The van der Waals surface area contributed by atoms with Gasteiger partial charge in [0, 0.05) is 45.3 Å². The third-order valence-electron chi connectivity index (χ3n) is 15.7. The van der Waals surface area contributed by atoms with Crippen molar-refractivity contribution in [2.45, 2.75) is 166 Å². The molecule has 1 aromatic carbocycles. The first-order valence-corrected chi connectivity index (χ1v) is 23.6. The van der Waals surface area contributed by atoms with Gasteiger partial charge in [-0.1, -0.05) is 33.8 Å². The number of aliphatic hydroxyl groups is 1. The molecule has 0 spiro atoms. The molecule has 0 bridgehead atoms. The maximum absolute atomic E-state index is 15.2. The molecule has 2 saturated carbocycles. The summed E-state index contributed by atoms with van der Waals surface area (Å²) in [6, 6.07) is 4.73. The third-order valence-corrected chi connectivity index (χ3v) is 15.7. The molecule has 0 aromatic heterocycles. The Morgan fingerprint density at radius 2 is 1.65 bits per heavy atom. The van der Waals surface area contributed by atoms with Crippen LogP contribution >= 0.6 is 0 Å². The monoisotopic (exact) mass is 887 g/mol. The number of carbonyl (C=O) groups is 2. The number of hydrogen-bond acceptors (Lipinski definition) is 13. The maximum Gasteiger partial charge on any atom is 0.306 e.